The van der Waals surface area contributed by atoms with Crippen molar-refractivity contribution in [3.05, 3.63) is 72.3 Å². The number of rotatable bonds is 10. The molecule has 0 bridgehead atoms. The number of hydrogen-bond acceptors (Lipinski definition) is 4. The van der Waals surface area contributed by atoms with Gasteiger partial charge in [-0.05, 0) is 47.4 Å². The normalized spacial score (nSPS) is 16.4. The Bertz CT molecular complexity index is 1030. The molecule has 1 saturated carbocycles. The molecule has 7 nitrogen and oxygen atoms in total. The van der Waals surface area contributed by atoms with E-state index in [1.807, 2.05) is 36.4 Å². The molecule has 0 heterocycles. The summed E-state index contributed by atoms with van der Waals surface area (Å²) in [7, 11) is 0. The molecule has 178 valence electrons. The predicted molar refractivity (Wildman–Crippen MR) is 128 cm³/mol. The third-order valence-corrected chi connectivity index (χ3v) is 6.80. The van der Waals surface area contributed by atoms with Crippen LogP contribution in [0, 0.1) is 5.92 Å². The lowest BCUT2D eigenvalue weighted by Crippen LogP contribution is -2.52. The number of hydrogen-bond donors (Lipinski definition) is 3. The summed E-state index contributed by atoms with van der Waals surface area (Å²) in [5, 5.41) is 14.7. The second kappa shape index (κ2) is 10.5. The third kappa shape index (κ3) is 5.14. The Morgan fingerprint density at radius 1 is 1.03 bits per heavy atom. The first-order valence-electron chi connectivity index (χ1n) is 11.7. The van der Waals surface area contributed by atoms with Crippen LogP contribution in [-0.2, 0) is 14.3 Å². The zero-order valence-electron chi connectivity index (χ0n) is 19.0. The second-order valence-electron chi connectivity index (χ2n) is 8.95. The van der Waals surface area contributed by atoms with E-state index < -0.39 is 30.1 Å². The van der Waals surface area contributed by atoms with E-state index >= 15 is 0 Å². The van der Waals surface area contributed by atoms with Crippen LogP contribution in [-0.4, -0.2) is 41.8 Å². The van der Waals surface area contributed by atoms with Gasteiger partial charge in [-0.1, -0.05) is 61.0 Å². The Balaban J connectivity index is 1.38. The first kappa shape index (κ1) is 23.5. The number of aliphatic carboxylic acids is 1. The molecular formula is C27H30N2O5. The van der Waals surface area contributed by atoms with Crippen LogP contribution in [0.15, 0.2) is 61.2 Å². The zero-order valence-corrected chi connectivity index (χ0v) is 19.0. The van der Waals surface area contributed by atoms with Crippen molar-refractivity contribution in [3.8, 4) is 11.1 Å². The van der Waals surface area contributed by atoms with Crippen molar-refractivity contribution in [3.63, 3.8) is 0 Å². The number of carbonyl (C=O) groups is 3. The number of nitrogens with one attached hydrogen (secondary N) is 2. The topological polar surface area (TPSA) is 105 Å². The van der Waals surface area contributed by atoms with E-state index in [4.69, 9.17) is 4.74 Å². The van der Waals surface area contributed by atoms with E-state index in [0.29, 0.717) is 0 Å². The monoisotopic (exact) mass is 462 g/mol. The van der Waals surface area contributed by atoms with E-state index in [1.54, 1.807) is 6.08 Å². The van der Waals surface area contributed by atoms with Gasteiger partial charge in [-0.15, -0.1) is 6.58 Å². The van der Waals surface area contributed by atoms with Gasteiger partial charge in [0.1, 0.15) is 12.6 Å². The van der Waals surface area contributed by atoms with Crippen LogP contribution in [0.4, 0.5) is 4.79 Å². The highest BCUT2D eigenvalue weighted by molar-refractivity contribution is 5.86. The molecular weight excluding hydrogens is 432 g/mol. The number of carbonyl (C=O) groups excluding carboxylic acids is 2. The van der Waals surface area contributed by atoms with E-state index in [-0.39, 0.29) is 31.3 Å². The molecule has 0 aliphatic heterocycles. The first-order valence-corrected chi connectivity index (χ1v) is 11.7. The number of benzene rings is 2. The Morgan fingerprint density at radius 3 is 2.18 bits per heavy atom. The first-order chi connectivity index (χ1) is 16.5. The summed E-state index contributed by atoms with van der Waals surface area (Å²) in [4.78, 5) is 36.7. The molecule has 7 heteroatoms. The van der Waals surface area contributed by atoms with Gasteiger partial charge >= 0.3 is 12.1 Å². The average Bonchev–Trinajstić information content (AvgIpc) is 3.09. The van der Waals surface area contributed by atoms with Crippen LogP contribution in [0.25, 0.3) is 11.1 Å². The molecule has 0 saturated heterocycles. The quantitative estimate of drug-likeness (QED) is 0.459. The van der Waals surface area contributed by atoms with Crippen molar-refractivity contribution in [1.82, 2.24) is 10.6 Å². The molecule has 34 heavy (non-hydrogen) atoms. The fraction of sp³-hybridized carbons (Fsp3) is 0.370. The fourth-order valence-electron chi connectivity index (χ4n) is 4.83. The molecule has 4 rings (SSSR count). The summed E-state index contributed by atoms with van der Waals surface area (Å²) in [6, 6.07) is 14.8. The minimum Gasteiger partial charge on any atom is -0.481 e. The van der Waals surface area contributed by atoms with Gasteiger partial charge in [-0.3, -0.25) is 9.59 Å². The Morgan fingerprint density at radius 2 is 1.65 bits per heavy atom. The van der Waals surface area contributed by atoms with E-state index in [0.717, 1.165) is 41.5 Å². The summed E-state index contributed by atoms with van der Waals surface area (Å²) >= 11 is 0. The largest absolute Gasteiger partial charge is 0.481 e. The molecule has 2 aromatic rings. The Kier molecular flexibility index (Phi) is 7.30. The number of ether oxygens (including phenoxy) is 1. The summed E-state index contributed by atoms with van der Waals surface area (Å²) < 4.78 is 5.56. The second-order valence-corrected chi connectivity index (χ2v) is 8.95. The Labute approximate surface area is 199 Å². The van der Waals surface area contributed by atoms with Gasteiger partial charge in [0.15, 0.2) is 0 Å². The van der Waals surface area contributed by atoms with Crippen molar-refractivity contribution in [2.45, 2.75) is 50.1 Å². The van der Waals surface area contributed by atoms with Gasteiger partial charge in [0, 0.05) is 12.0 Å². The Hall–Kier alpha value is -3.61. The van der Waals surface area contributed by atoms with Crippen LogP contribution in [0.2, 0.25) is 0 Å². The van der Waals surface area contributed by atoms with E-state index in [1.165, 1.54) is 0 Å². The number of alkyl carbamates (subject to hydrolysis) is 1. The summed E-state index contributed by atoms with van der Waals surface area (Å²) in [5.41, 5.74) is 4.48. The molecule has 3 N–H and O–H groups in total. The van der Waals surface area contributed by atoms with E-state index in [2.05, 4.69) is 29.3 Å². The van der Waals surface area contributed by atoms with Crippen molar-refractivity contribution in [2.75, 3.05) is 6.61 Å². The standard InChI is InChI=1S/C27H30N2O5/c1-2-8-23(26(32)28-24(15-25(30)31)17-9-7-10-17)29-27(33)34-16-22-20-13-5-3-11-18(20)19-12-4-6-14-21(19)22/h2-6,11-14,17,22-24H,1,7-10,15-16H2,(H,28,32)(H,29,33)(H,30,31). The van der Waals surface area contributed by atoms with Gasteiger partial charge in [0.05, 0.1) is 6.42 Å². The van der Waals surface area contributed by atoms with Gasteiger partial charge in [0.25, 0.3) is 0 Å². The third-order valence-electron chi connectivity index (χ3n) is 6.80. The van der Waals surface area contributed by atoms with E-state index in [9.17, 15) is 19.5 Å². The highest BCUT2D eigenvalue weighted by Gasteiger charge is 2.33. The van der Waals surface area contributed by atoms with Crippen molar-refractivity contribution in [2.24, 2.45) is 5.92 Å². The van der Waals surface area contributed by atoms with Crippen molar-refractivity contribution < 1.29 is 24.2 Å². The summed E-state index contributed by atoms with van der Waals surface area (Å²) in [6.45, 7) is 3.82. The average molecular weight is 463 g/mol. The molecule has 2 atom stereocenters. The number of fused-ring (bicyclic) bond motifs is 3. The maximum atomic E-state index is 12.9. The summed E-state index contributed by atoms with van der Waals surface area (Å²) in [6.07, 6.45) is 3.74. The fourth-order valence-corrected chi connectivity index (χ4v) is 4.83. The zero-order chi connectivity index (χ0) is 24.1. The lowest BCUT2D eigenvalue weighted by molar-refractivity contribution is -0.138. The molecule has 2 aromatic carbocycles. The lowest BCUT2D eigenvalue weighted by atomic mass is 9.78. The maximum Gasteiger partial charge on any atom is 0.407 e. The summed E-state index contributed by atoms with van der Waals surface area (Å²) in [5.74, 6) is -1.31. The van der Waals surface area contributed by atoms with Gasteiger partial charge in [0.2, 0.25) is 5.91 Å². The minimum atomic E-state index is -0.957. The van der Waals surface area contributed by atoms with Crippen LogP contribution >= 0.6 is 0 Å². The van der Waals surface area contributed by atoms with Crippen molar-refractivity contribution in [1.29, 1.82) is 0 Å². The van der Waals surface area contributed by atoms with Crippen LogP contribution < -0.4 is 10.6 Å². The molecule has 2 amide bonds. The van der Waals surface area contributed by atoms with Crippen LogP contribution in [0.5, 0.6) is 0 Å². The molecule has 2 aliphatic carbocycles. The van der Waals surface area contributed by atoms with Gasteiger partial charge < -0.3 is 20.5 Å². The number of carboxylic acids is 1. The van der Waals surface area contributed by atoms with Crippen LogP contribution in [0.1, 0.15) is 49.1 Å². The van der Waals surface area contributed by atoms with Crippen LogP contribution in [0.3, 0.4) is 0 Å². The molecule has 2 aliphatic rings. The highest BCUT2D eigenvalue weighted by atomic mass is 16.5. The minimum absolute atomic E-state index is 0.0802. The SMILES string of the molecule is C=CCC(NC(=O)OCC1c2ccccc2-c2ccccc21)C(=O)NC(CC(=O)O)C1CCC1. The molecule has 0 radical (unpaired) electrons. The molecule has 2 unspecified atom stereocenters. The molecule has 0 spiro atoms. The van der Waals surface area contributed by atoms with Gasteiger partial charge in [-0.25, -0.2) is 4.79 Å². The predicted octanol–water partition coefficient (Wildman–Crippen LogP) is 4.23. The molecule has 0 aromatic heterocycles. The lowest BCUT2D eigenvalue weighted by Gasteiger charge is -2.34. The highest BCUT2D eigenvalue weighted by Crippen LogP contribution is 2.44. The number of amides is 2. The molecule has 1 fully saturated rings. The smallest absolute Gasteiger partial charge is 0.407 e. The van der Waals surface area contributed by atoms with Crippen molar-refractivity contribution >= 4 is 18.0 Å². The number of carboxylic acid groups (broad SMARTS) is 1. The maximum absolute atomic E-state index is 12.9. The van der Waals surface area contributed by atoms with Gasteiger partial charge in [-0.2, -0.15) is 0 Å².